The molecular formula is C26H28N4O2. The van der Waals surface area contributed by atoms with Crippen molar-refractivity contribution < 1.29 is 9.21 Å². The van der Waals surface area contributed by atoms with E-state index in [1.165, 1.54) is 5.56 Å². The third kappa shape index (κ3) is 5.72. The zero-order valence-corrected chi connectivity index (χ0v) is 18.5. The first-order valence-electron chi connectivity index (χ1n) is 11.0. The molecule has 0 aliphatic rings. The normalized spacial score (nSPS) is 11.1. The van der Waals surface area contributed by atoms with Crippen molar-refractivity contribution in [3.8, 4) is 17.0 Å². The predicted octanol–water partition coefficient (Wildman–Crippen LogP) is 4.97. The van der Waals surface area contributed by atoms with Gasteiger partial charge in [-0.1, -0.05) is 56.3 Å². The second kappa shape index (κ2) is 10.1. The molecule has 4 rings (SSSR count). The second-order valence-corrected chi connectivity index (χ2v) is 8.32. The van der Waals surface area contributed by atoms with Crippen LogP contribution in [0.15, 0.2) is 77.6 Å². The van der Waals surface area contributed by atoms with Gasteiger partial charge >= 0.3 is 0 Å². The van der Waals surface area contributed by atoms with Crippen molar-refractivity contribution in [1.82, 2.24) is 20.1 Å². The van der Waals surface area contributed by atoms with Crippen molar-refractivity contribution >= 4 is 5.91 Å². The maximum absolute atomic E-state index is 12.3. The van der Waals surface area contributed by atoms with Crippen molar-refractivity contribution in [2.75, 3.05) is 0 Å². The van der Waals surface area contributed by atoms with Gasteiger partial charge in [-0.15, -0.1) is 0 Å². The van der Waals surface area contributed by atoms with E-state index in [-0.39, 0.29) is 5.91 Å². The number of amides is 1. The molecule has 1 N–H and O–H groups in total. The molecule has 2 aromatic heterocycles. The molecule has 0 aliphatic heterocycles. The molecule has 6 nitrogen and oxygen atoms in total. The van der Waals surface area contributed by atoms with Crippen LogP contribution in [0.1, 0.15) is 37.3 Å². The molecule has 2 aromatic carbocycles. The molecule has 0 unspecified atom stereocenters. The van der Waals surface area contributed by atoms with Gasteiger partial charge in [0.1, 0.15) is 0 Å². The van der Waals surface area contributed by atoms with Crippen LogP contribution in [0.25, 0.3) is 17.0 Å². The highest BCUT2D eigenvalue weighted by molar-refractivity contribution is 5.76. The van der Waals surface area contributed by atoms with Crippen molar-refractivity contribution in [1.29, 1.82) is 0 Å². The fraction of sp³-hybridized carbons (Fsp3) is 0.269. The standard InChI is InChI=1S/C26H28N4O2/c1-19(2)14-20-8-10-22(11-9-20)24-17-28-26(32-24)13-12-25(31)27-15-21-16-29-30(18-21)23-6-4-3-5-7-23/h3-11,16-19H,12-15H2,1-2H3,(H,27,31). The van der Waals surface area contributed by atoms with Gasteiger partial charge < -0.3 is 9.73 Å². The third-order valence-electron chi connectivity index (χ3n) is 5.15. The number of aryl methyl sites for hydroxylation is 1. The van der Waals surface area contributed by atoms with Gasteiger partial charge in [0.15, 0.2) is 11.7 Å². The zero-order valence-electron chi connectivity index (χ0n) is 18.5. The van der Waals surface area contributed by atoms with E-state index in [4.69, 9.17) is 4.42 Å². The molecule has 0 saturated heterocycles. The van der Waals surface area contributed by atoms with E-state index in [9.17, 15) is 4.79 Å². The SMILES string of the molecule is CC(C)Cc1ccc(-c2cnc(CCC(=O)NCc3cnn(-c4ccccc4)c3)o2)cc1. The lowest BCUT2D eigenvalue weighted by Crippen LogP contribution is -2.22. The van der Waals surface area contributed by atoms with Crippen LogP contribution in [0, 0.1) is 5.92 Å². The number of nitrogens with one attached hydrogen (secondary N) is 1. The number of carbonyl (C=O) groups excluding carboxylic acids is 1. The van der Waals surface area contributed by atoms with E-state index in [0.29, 0.717) is 31.2 Å². The van der Waals surface area contributed by atoms with Crippen LogP contribution in [0.2, 0.25) is 0 Å². The third-order valence-corrected chi connectivity index (χ3v) is 5.15. The maximum atomic E-state index is 12.3. The summed E-state index contributed by atoms with van der Waals surface area (Å²) in [7, 11) is 0. The number of rotatable bonds is 9. The monoisotopic (exact) mass is 428 g/mol. The topological polar surface area (TPSA) is 73.0 Å². The molecule has 164 valence electrons. The van der Waals surface area contributed by atoms with Crippen LogP contribution < -0.4 is 5.32 Å². The largest absolute Gasteiger partial charge is 0.441 e. The van der Waals surface area contributed by atoms with Crippen LogP contribution in [-0.4, -0.2) is 20.7 Å². The Balaban J connectivity index is 1.25. The van der Waals surface area contributed by atoms with Gasteiger partial charge in [0.05, 0.1) is 18.1 Å². The summed E-state index contributed by atoms with van der Waals surface area (Å²) < 4.78 is 7.65. The van der Waals surface area contributed by atoms with Crippen LogP contribution >= 0.6 is 0 Å². The summed E-state index contributed by atoms with van der Waals surface area (Å²) in [5.41, 5.74) is 4.24. The van der Waals surface area contributed by atoms with Crippen LogP contribution in [-0.2, 0) is 24.2 Å². The number of oxazole rings is 1. The van der Waals surface area contributed by atoms with E-state index < -0.39 is 0 Å². The second-order valence-electron chi connectivity index (χ2n) is 8.32. The van der Waals surface area contributed by atoms with Gasteiger partial charge in [-0.2, -0.15) is 5.10 Å². The first kappa shape index (κ1) is 21.6. The first-order chi connectivity index (χ1) is 15.6. The molecule has 0 bridgehead atoms. The fourth-order valence-corrected chi connectivity index (χ4v) is 3.52. The van der Waals surface area contributed by atoms with Crippen LogP contribution in [0.3, 0.4) is 0 Å². The lowest BCUT2D eigenvalue weighted by molar-refractivity contribution is -0.121. The number of nitrogens with zero attached hydrogens (tertiary/aromatic N) is 3. The quantitative estimate of drug-likeness (QED) is 0.408. The molecule has 2 heterocycles. The minimum absolute atomic E-state index is 0.0461. The Morgan fingerprint density at radius 2 is 1.81 bits per heavy atom. The van der Waals surface area contributed by atoms with Crippen LogP contribution in [0.4, 0.5) is 0 Å². The summed E-state index contributed by atoms with van der Waals surface area (Å²) in [5.74, 6) is 1.88. The first-order valence-corrected chi connectivity index (χ1v) is 11.0. The Labute approximate surface area is 188 Å². The highest BCUT2D eigenvalue weighted by Gasteiger charge is 2.10. The van der Waals surface area contributed by atoms with E-state index in [1.807, 2.05) is 36.5 Å². The minimum atomic E-state index is -0.0461. The lowest BCUT2D eigenvalue weighted by Gasteiger charge is -2.05. The summed E-state index contributed by atoms with van der Waals surface area (Å²) in [4.78, 5) is 16.6. The van der Waals surface area contributed by atoms with Gasteiger partial charge in [-0.05, 0) is 30.0 Å². The number of hydrogen-bond donors (Lipinski definition) is 1. The van der Waals surface area contributed by atoms with E-state index in [2.05, 4.69) is 53.5 Å². The lowest BCUT2D eigenvalue weighted by atomic mass is 10.0. The number of hydrogen-bond acceptors (Lipinski definition) is 4. The molecular weight excluding hydrogens is 400 g/mol. The minimum Gasteiger partial charge on any atom is -0.441 e. The van der Waals surface area contributed by atoms with E-state index >= 15 is 0 Å². The predicted molar refractivity (Wildman–Crippen MR) is 124 cm³/mol. The Bertz CT molecular complexity index is 1140. The fourth-order valence-electron chi connectivity index (χ4n) is 3.52. The number of para-hydroxylation sites is 1. The van der Waals surface area contributed by atoms with Crippen molar-refractivity contribution in [2.24, 2.45) is 5.92 Å². The molecule has 6 heteroatoms. The summed E-state index contributed by atoms with van der Waals surface area (Å²) in [6.07, 6.45) is 7.25. The Morgan fingerprint density at radius 1 is 1.03 bits per heavy atom. The van der Waals surface area contributed by atoms with Crippen molar-refractivity contribution in [2.45, 2.75) is 39.7 Å². The van der Waals surface area contributed by atoms with Gasteiger partial charge in [0.25, 0.3) is 0 Å². The Hall–Kier alpha value is -3.67. The van der Waals surface area contributed by atoms with E-state index in [1.54, 1.807) is 17.1 Å². The molecule has 1 amide bonds. The maximum Gasteiger partial charge on any atom is 0.220 e. The van der Waals surface area contributed by atoms with Gasteiger partial charge in [-0.3, -0.25) is 4.79 Å². The summed E-state index contributed by atoms with van der Waals surface area (Å²) >= 11 is 0. The Morgan fingerprint density at radius 3 is 2.56 bits per heavy atom. The van der Waals surface area contributed by atoms with Crippen molar-refractivity contribution in [3.05, 3.63) is 90.2 Å². The number of carbonyl (C=O) groups is 1. The zero-order chi connectivity index (χ0) is 22.3. The molecule has 0 saturated carbocycles. The average Bonchev–Trinajstić information content (AvgIpc) is 3.47. The average molecular weight is 429 g/mol. The van der Waals surface area contributed by atoms with Crippen molar-refractivity contribution in [3.63, 3.8) is 0 Å². The molecule has 4 aromatic rings. The number of aromatic nitrogens is 3. The molecule has 0 spiro atoms. The molecule has 0 fully saturated rings. The Kier molecular flexibility index (Phi) is 6.80. The van der Waals surface area contributed by atoms with Gasteiger partial charge in [0.2, 0.25) is 5.91 Å². The molecule has 32 heavy (non-hydrogen) atoms. The smallest absolute Gasteiger partial charge is 0.220 e. The van der Waals surface area contributed by atoms with E-state index in [0.717, 1.165) is 29.0 Å². The van der Waals surface area contributed by atoms with Crippen LogP contribution in [0.5, 0.6) is 0 Å². The molecule has 0 radical (unpaired) electrons. The molecule has 0 aliphatic carbocycles. The number of benzene rings is 2. The van der Waals surface area contributed by atoms with Gasteiger partial charge in [-0.25, -0.2) is 9.67 Å². The summed E-state index contributed by atoms with van der Waals surface area (Å²) in [5, 5.41) is 7.28. The highest BCUT2D eigenvalue weighted by atomic mass is 16.4. The molecule has 0 atom stereocenters. The van der Waals surface area contributed by atoms with Gasteiger partial charge in [0, 0.05) is 36.7 Å². The summed E-state index contributed by atoms with van der Waals surface area (Å²) in [6, 6.07) is 18.3. The highest BCUT2D eigenvalue weighted by Crippen LogP contribution is 2.22. The summed E-state index contributed by atoms with van der Waals surface area (Å²) in [6.45, 7) is 4.86.